The summed E-state index contributed by atoms with van der Waals surface area (Å²) in [4.78, 5) is 0. The first-order valence-corrected chi connectivity index (χ1v) is 7.38. The Kier molecular flexibility index (Phi) is 4.75. The number of hydrogen-bond donors (Lipinski definition) is 1. The normalized spacial score (nSPS) is 12.4. The van der Waals surface area contributed by atoms with Crippen LogP contribution in [0.4, 0.5) is 4.39 Å². The predicted molar refractivity (Wildman–Crippen MR) is 83.9 cm³/mol. The summed E-state index contributed by atoms with van der Waals surface area (Å²) in [5.41, 5.74) is 7.80. The van der Waals surface area contributed by atoms with E-state index in [1.165, 1.54) is 6.07 Å². The van der Waals surface area contributed by atoms with Crippen molar-refractivity contribution in [3.05, 3.63) is 67.5 Å². The van der Waals surface area contributed by atoms with E-state index in [0.717, 1.165) is 13.6 Å². The summed E-state index contributed by atoms with van der Waals surface area (Å²) in [6.07, 6.45) is 0.499. The Morgan fingerprint density at radius 2 is 2.00 bits per heavy atom. The average Bonchev–Trinajstić information content (AvgIpc) is 2.32. The molecule has 0 amide bonds. The standard InChI is InChI=1S/C14H12BrFIN/c15-11-5-4-9(13(16)8-11)7-14(18)10-2-1-3-12(17)6-10/h1-6,8,14H,7,18H2. The molecule has 0 aliphatic carbocycles. The van der Waals surface area contributed by atoms with Gasteiger partial charge in [-0.05, 0) is 64.4 Å². The first-order valence-electron chi connectivity index (χ1n) is 5.51. The lowest BCUT2D eigenvalue weighted by Gasteiger charge is -2.13. The quantitative estimate of drug-likeness (QED) is 0.731. The molecule has 94 valence electrons. The highest BCUT2D eigenvalue weighted by Gasteiger charge is 2.11. The zero-order valence-corrected chi connectivity index (χ0v) is 13.3. The molecule has 2 N–H and O–H groups in total. The maximum atomic E-state index is 13.7. The van der Waals surface area contributed by atoms with Crippen molar-refractivity contribution in [2.24, 2.45) is 5.73 Å². The van der Waals surface area contributed by atoms with Crippen LogP contribution in [-0.4, -0.2) is 0 Å². The minimum atomic E-state index is -0.217. The highest BCUT2D eigenvalue weighted by atomic mass is 127. The molecule has 0 heterocycles. The van der Waals surface area contributed by atoms with Crippen LogP contribution in [0.2, 0.25) is 0 Å². The molecule has 4 heteroatoms. The van der Waals surface area contributed by atoms with Crippen molar-refractivity contribution < 1.29 is 4.39 Å². The van der Waals surface area contributed by atoms with Crippen molar-refractivity contribution in [1.29, 1.82) is 0 Å². The summed E-state index contributed by atoms with van der Waals surface area (Å²) >= 11 is 5.49. The van der Waals surface area contributed by atoms with Gasteiger partial charge in [-0.2, -0.15) is 0 Å². The average molecular weight is 420 g/mol. The Balaban J connectivity index is 2.18. The third kappa shape index (κ3) is 3.52. The third-order valence-electron chi connectivity index (χ3n) is 2.73. The number of halogens is 3. The minimum Gasteiger partial charge on any atom is -0.324 e. The van der Waals surface area contributed by atoms with Crippen LogP contribution in [0, 0.1) is 9.39 Å². The molecule has 0 fully saturated rings. The van der Waals surface area contributed by atoms with E-state index in [4.69, 9.17) is 5.73 Å². The Morgan fingerprint density at radius 1 is 1.22 bits per heavy atom. The van der Waals surface area contributed by atoms with E-state index in [1.807, 2.05) is 30.3 Å². The van der Waals surface area contributed by atoms with Crippen molar-refractivity contribution in [3.8, 4) is 0 Å². The number of hydrogen-bond acceptors (Lipinski definition) is 1. The first-order chi connectivity index (χ1) is 8.56. The largest absolute Gasteiger partial charge is 0.324 e. The predicted octanol–water partition coefficient (Wildman–Crippen LogP) is 4.44. The van der Waals surface area contributed by atoms with Crippen LogP contribution in [0.1, 0.15) is 17.2 Å². The van der Waals surface area contributed by atoms with Gasteiger partial charge < -0.3 is 5.73 Å². The maximum Gasteiger partial charge on any atom is 0.127 e. The van der Waals surface area contributed by atoms with Gasteiger partial charge in [-0.15, -0.1) is 0 Å². The van der Waals surface area contributed by atoms with Crippen LogP contribution in [0.3, 0.4) is 0 Å². The molecule has 18 heavy (non-hydrogen) atoms. The smallest absolute Gasteiger partial charge is 0.127 e. The van der Waals surface area contributed by atoms with Gasteiger partial charge in [-0.25, -0.2) is 4.39 Å². The summed E-state index contributed by atoms with van der Waals surface area (Å²) in [6, 6.07) is 12.9. The molecular weight excluding hydrogens is 408 g/mol. The van der Waals surface area contributed by atoms with E-state index >= 15 is 0 Å². The fourth-order valence-electron chi connectivity index (χ4n) is 1.78. The second-order valence-electron chi connectivity index (χ2n) is 4.10. The molecule has 0 spiro atoms. The number of rotatable bonds is 3. The summed E-state index contributed by atoms with van der Waals surface area (Å²) in [5, 5.41) is 0. The monoisotopic (exact) mass is 419 g/mol. The van der Waals surface area contributed by atoms with Gasteiger partial charge in [-0.3, -0.25) is 0 Å². The molecule has 1 unspecified atom stereocenters. The van der Waals surface area contributed by atoms with Crippen molar-refractivity contribution in [1.82, 2.24) is 0 Å². The fraction of sp³-hybridized carbons (Fsp3) is 0.143. The highest BCUT2D eigenvalue weighted by molar-refractivity contribution is 14.1. The Morgan fingerprint density at radius 3 is 2.67 bits per heavy atom. The van der Waals surface area contributed by atoms with Gasteiger partial charge >= 0.3 is 0 Å². The van der Waals surface area contributed by atoms with E-state index in [0.29, 0.717) is 12.0 Å². The van der Waals surface area contributed by atoms with Gasteiger partial charge in [0, 0.05) is 14.1 Å². The minimum absolute atomic E-state index is 0.185. The molecule has 1 nitrogen and oxygen atoms in total. The van der Waals surface area contributed by atoms with Gasteiger partial charge in [0.2, 0.25) is 0 Å². The van der Waals surface area contributed by atoms with Crippen molar-refractivity contribution in [2.75, 3.05) is 0 Å². The van der Waals surface area contributed by atoms with Gasteiger partial charge in [0.25, 0.3) is 0 Å². The topological polar surface area (TPSA) is 26.0 Å². The number of benzene rings is 2. The fourth-order valence-corrected chi connectivity index (χ4v) is 2.68. The van der Waals surface area contributed by atoms with E-state index in [-0.39, 0.29) is 11.9 Å². The van der Waals surface area contributed by atoms with Crippen LogP contribution in [-0.2, 0) is 6.42 Å². The first kappa shape index (κ1) is 14.0. The van der Waals surface area contributed by atoms with Crippen molar-refractivity contribution >= 4 is 38.5 Å². The van der Waals surface area contributed by atoms with Crippen LogP contribution in [0.25, 0.3) is 0 Å². The zero-order valence-electron chi connectivity index (χ0n) is 9.54. The van der Waals surface area contributed by atoms with Crippen molar-refractivity contribution in [3.63, 3.8) is 0 Å². The van der Waals surface area contributed by atoms with Crippen LogP contribution in [0.15, 0.2) is 46.9 Å². The Labute approximate surface area is 128 Å². The van der Waals surface area contributed by atoms with Gasteiger partial charge in [0.1, 0.15) is 5.82 Å². The van der Waals surface area contributed by atoms with E-state index in [1.54, 1.807) is 6.07 Å². The van der Waals surface area contributed by atoms with Crippen molar-refractivity contribution in [2.45, 2.75) is 12.5 Å². The van der Waals surface area contributed by atoms with Crippen LogP contribution >= 0.6 is 38.5 Å². The zero-order chi connectivity index (χ0) is 13.1. The molecule has 0 aromatic heterocycles. The van der Waals surface area contributed by atoms with Gasteiger partial charge in [-0.1, -0.05) is 34.1 Å². The molecule has 0 saturated heterocycles. The molecule has 2 rings (SSSR count). The number of nitrogens with two attached hydrogens (primary N) is 1. The molecule has 2 aromatic rings. The summed E-state index contributed by atoms with van der Waals surface area (Å²) in [5.74, 6) is -0.217. The molecule has 1 atom stereocenters. The van der Waals surface area contributed by atoms with Gasteiger partial charge in [0.05, 0.1) is 0 Å². The lowest BCUT2D eigenvalue weighted by Crippen LogP contribution is -2.14. The summed E-state index contributed by atoms with van der Waals surface area (Å²) < 4.78 is 15.6. The SMILES string of the molecule is NC(Cc1ccc(Br)cc1F)c1cccc(I)c1. The Bertz CT molecular complexity index is 559. The molecule has 0 aliphatic rings. The molecule has 0 bridgehead atoms. The Hall–Kier alpha value is -0.460. The molecule has 2 aromatic carbocycles. The second kappa shape index (κ2) is 6.12. The maximum absolute atomic E-state index is 13.7. The van der Waals surface area contributed by atoms with E-state index < -0.39 is 0 Å². The lowest BCUT2D eigenvalue weighted by molar-refractivity contribution is 0.592. The third-order valence-corrected chi connectivity index (χ3v) is 3.90. The van der Waals surface area contributed by atoms with E-state index in [2.05, 4.69) is 38.5 Å². The summed E-state index contributed by atoms with van der Waals surface area (Å²) in [7, 11) is 0. The molecule has 0 saturated carbocycles. The van der Waals surface area contributed by atoms with E-state index in [9.17, 15) is 4.39 Å². The molecule has 0 aliphatic heterocycles. The second-order valence-corrected chi connectivity index (χ2v) is 6.26. The highest BCUT2D eigenvalue weighted by Crippen LogP contribution is 2.22. The van der Waals surface area contributed by atoms with Crippen LogP contribution in [0.5, 0.6) is 0 Å². The lowest BCUT2D eigenvalue weighted by atomic mass is 9.99. The van der Waals surface area contributed by atoms with Gasteiger partial charge in [0.15, 0.2) is 0 Å². The molecule has 0 radical (unpaired) electrons. The molecular formula is C14H12BrFIN. The summed E-state index contributed by atoms with van der Waals surface area (Å²) in [6.45, 7) is 0. The van der Waals surface area contributed by atoms with Crippen LogP contribution < -0.4 is 5.73 Å².